The molecule has 0 heterocycles. The van der Waals surface area contributed by atoms with Gasteiger partial charge < -0.3 is 0 Å². The van der Waals surface area contributed by atoms with E-state index in [1.807, 2.05) is 6.08 Å². The van der Waals surface area contributed by atoms with Crippen molar-refractivity contribution in [1.82, 2.24) is 0 Å². The van der Waals surface area contributed by atoms with Crippen LogP contribution in [0.25, 0.3) is 0 Å². The van der Waals surface area contributed by atoms with E-state index >= 15 is 0 Å². The van der Waals surface area contributed by atoms with Gasteiger partial charge in [-0.2, -0.15) is 0 Å². The molecule has 0 aliphatic heterocycles. The number of rotatable bonds is 4. The summed E-state index contributed by atoms with van der Waals surface area (Å²) >= 11 is 0. The molecule has 0 radical (unpaired) electrons. The van der Waals surface area contributed by atoms with Crippen molar-refractivity contribution in [2.45, 2.75) is 33.6 Å². The Morgan fingerprint density at radius 3 is 2.09 bits per heavy atom. The van der Waals surface area contributed by atoms with Crippen LogP contribution in [0.5, 0.6) is 0 Å². The summed E-state index contributed by atoms with van der Waals surface area (Å²) in [6.45, 7) is 14.0. The van der Waals surface area contributed by atoms with Crippen molar-refractivity contribution in [2.24, 2.45) is 0 Å². The lowest BCUT2D eigenvalue weighted by atomic mass is 9.99. The molecule has 0 aromatic heterocycles. The normalized spacial score (nSPS) is 9.00. The molecular weight excluding hydrogens is 132 g/mol. The van der Waals surface area contributed by atoms with Crippen molar-refractivity contribution < 1.29 is 0 Å². The van der Waals surface area contributed by atoms with Gasteiger partial charge in [-0.25, -0.2) is 0 Å². The highest BCUT2D eigenvalue weighted by atomic mass is 14.0. The number of allylic oxidation sites excluding steroid dienone is 4. The maximum atomic E-state index is 3.94. The molecule has 0 aromatic rings. The molecule has 0 atom stereocenters. The molecule has 0 saturated heterocycles. The van der Waals surface area contributed by atoms with Gasteiger partial charge in [0.05, 0.1) is 0 Å². The predicted octanol–water partition coefficient (Wildman–Crippen LogP) is 3.87. The molecule has 0 unspecified atom stereocenters. The summed E-state index contributed by atoms with van der Waals surface area (Å²) in [5.41, 5.74) is 3.95. The van der Waals surface area contributed by atoms with Crippen LogP contribution in [0, 0.1) is 0 Å². The van der Waals surface area contributed by atoms with Gasteiger partial charge in [-0.15, -0.1) is 6.58 Å². The van der Waals surface area contributed by atoms with E-state index in [4.69, 9.17) is 0 Å². The molecule has 0 N–H and O–H groups in total. The summed E-state index contributed by atoms with van der Waals surface area (Å²) in [6.07, 6.45) is 4.08. The molecule has 62 valence electrons. The summed E-state index contributed by atoms with van der Waals surface area (Å²) in [5, 5.41) is 0. The third kappa shape index (κ3) is 3.82. The van der Waals surface area contributed by atoms with Crippen LogP contribution < -0.4 is 0 Å². The van der Waals surface area contributed by atoms with Crippen LogP contribution >= 0.6 is 0 Å². The van der Waals surface area contributed by atoms with E-state index < -0.39 is 0 Å². The fourth-order valence-corrected chi connectivity index (χ4v) is 1.14. The lowest BCUT2D eigenvalue weighted by Gasteiger charge is -2.07. The third-order valence-corrected chi connectivity index (χ3v) is 1.72. The minimum atomic E-state index is 1.05. The Hall–Kier alpha value is -0.780. The zero-order valence-electron chi connectivity index (χ0n) is 7.91. The Balaban J connectivity index is 4.25. The quantitative estimate of drug-likeness (QED) is 0.421. The maximum Gasteiger partial charge on any atom is -0.0242 e. The Morgan fingerprint density at radius 2 is 1.82 bits per heavy atom. The molecule has 11 heavy (non-hydrogen) atoms. The average Bonchev–Trinajstić information content (AvgIpc) is 1.87. The summed E-state index contributed by atoms with van der Waals surface area (Å²) in [4.78, 5) is 0. The third-order valence-electron chi connectivity index (χ3n) is 1.72. The minimum absolute atomic E-state index is 1.05. The molecule has 0 saturated carbocycles. The van der Waals surface area contributed by atoms with Gasteiger partial charge in [0.15, 0.2) is 0 Å². The van der Waals surface area contributed by atoms with Crippen LogP contribution in [-0.2, 0) is 0 Å². The van der Waals surface area contributed by atoms with E-state index in [2.05, 4.69) is 33.9 Å². The largest absolute Gasteiger partial charge is 0.103 e. The lowest BCUT2D eigenvalue weighted by Crippen LogP contribution is -1.87. The van der Waals surface area contributed by atoms with Crippen molar-refractivity contribution in [3.8, 4) is 0 Å². The van der Waals surface area contributed by atoms with E-state index in [0.717, 1.165) is 12.8 Å². The molecule has 0 aliphatic carbocycles. The Labute approximate surface area is 70.3 Å². The summed E-state index contributed by atoms with van der Waals surface area (Å²) in [6, 6.07) is 0. The highest BCUT2D eigenvalue weighted by molar-refractivity contribution is 5.30. The molecule has 0 heteroatoms. The minimum Gasteiger partial charge on any atom is -0.103 e. The van der Waals surface area contributed by atoms with Crippen LogP contribution in [-0.4, -0.2) is 0 Å². The number of hydrogen-bond acceptors (Lipinski definition) is 0. The van der Waals surface area contributed by atoms with Gasteiger partial charge in [-0.3, -0.25) is 0 Å². The molecule has 0 nitrogen and oxygen atoms in total. The molecule has 0 aliphatic rings. The zero-order chi connectivity index (χ0) is 8.85. The molecule has 0 amide bonds. The van der Waals surface area contributed by atoms with Gasteiger partial charge in [0.1, 0.15) is 0 Å². The van der Waals surface area contributed by atoms with Crippen molar-refractivity contribution >= 4 is 0 Å². The second kappa shape index (κ2) is 4.95. The summed E-state index contributed by atoms with van der Waals surface area (Å²) < 4.78 is 0. The number of hydrogen-bond donors (Lipinski definition) is 0. The van der Waals surface area contributed by atoms with Crippen LogP contribution in [0.2, 0.25) is 0 Å². The first kappa shape index (κ1) is 10.2. The Bertz CT molecular complexity index is 178. The Kier molecular flexibility index (Phi) is 4.60. The van der Waals surface area contributed by atoms with Crippen LogP contribution in [0.15, 0.2) is 36.0 Å². The highest BCUT2D eigenvalue weighted by Crippen LogP contribution is 2.18. The lowest BCUT2D eigenvalue weighted by molar-refractivity contribution is 0.965. The first-order valence-corrected chi connectivity index (χ1v) is 4.02. The first-order chi connectivity index (χ1) is 5.09. The molecule has 0 fully saturated rings. The fourth-order valence-electron chi connectivity index (χ4n) is 1.14. The predicted molar refractivity (Wildman–Crippen MR) is 52.6 cm³/mol. The smallest absolute Gasteiger partial charge is 0.0242 e. The van der Waals surface area contributed by atoms with Gasteiger partial charge in [-0.05, 0) is 39.2 Å². The average molecular weight is 150 g/mol. The van der Waals surface area contributed by atoms with E-state index in [1.165, 1.54) is 16.7 Å². The Morgan fingerprint density at radius 1 is 1.27 bits per heavy atom. The van der Waals surface area contributed by atoms with Crippen LogP contribution in [0.4, 0.5) is 0 Å². The summed E-state index contributed by atoms with van der Waals surface area (Å²) in [7, 11) is 0. The van der Waals surface area contributed by atoms with Crippen molar-refractivity contribution in [3.05, 3.63) is 36.0 Å². The second-order valence-corrected chi connectivity index (χ2v) is 3.09. The van der Waals surface area contributed by atoms with Gasteiger partial charge in [0.25, 0.3) is 0 Å². The topological polar surface area (TPSA) is 0 Å². The molecule has 0 bridgehead atoms. The van der Waals surface area contributed by atoms with Gasteiger partial charge >= 0.3 is 0 Å². The van der Waals surface area contributed by atoms with Gasteiger partial charge in [-0.1, -0.05) is 23.8 Å². The molecular formula is C11H18. The van der Waals surface area contributed by atoms with Crippen molar-refractivity contribution in [2.75, 3.05) is 0 Å². The van der Waals surface area contributed by atoms with E-state index in [-0.39, 0.29) is 0 Å². The van der Waals surface area contributed by atoms with Gasteiger partial charge in [0.2, 0.25) is 0 Å². The van der Waals surface area contributed by atoms with Crippen molar-refractivity contribution in [3.63, 3.8) is 0 Å². The highest BCUT2D eigenvalue weighted by Gasteiger charge is 1.98. The van der Waals surface area contributed by atoms with E-state index in [0.29, 0.717) is 0 Å². The SMILES string of the molecule is C=CCCC(C(=C)C)=C(C)C. The van der Waals surface area contributed by atoms with E-state index in [9.17, 15) is 0 Å². The molecule has 0 aromatic carbocycles. The van der Waals surface area contributed by atoms with Crippen molar-refractivity contribution in [1.29, 1.82) is 0 Å². The zero-order valence-corrected chi connectivity index (χ0v) is 7.91. The molecule has 0 rings (SSSR count). The summed E-state index contributed by atoms with van der Waals surface area (Å²) in [5.74, 6) is 0. The maximum absolute atomic E-state index is 3.94. The van der Waals surface area contributed by atoms with E-state index in [1.54, 1.807) is 0 Å². The van der Waals surface area contributed by atoms with Crippen LogP contribution in [0.3, 0.4) is 0 Å². The fraction of sp³-hybridized carbons (Fsp3) is 0.455. The standard InChI is InChI=1S/C11H18/c1-6-7-8-11(9(2)3)10(4)5/h6H,1-2,7-8H2,3-5H3. The monoisotopic (exact) mass is 150 g/mol. The second-order valence-electron chi connectivity index (χ2n) is 3.09. The van der Waals surface area contributed by atoms with Gasteiger partial charge in [0, 0.05) is 0 Å². The van der Waals surface area contributed by atoms with Crippen LogP contribution in [0.1, 0.15) is 33.6 Å². The molecule has 0 spiro atoms. The first-order valence-electron chi connectivity index (χ1n) is 4.02.